The molecule has 0 unspecified atom stereocenters. The van der Waals surface area contributed by atoms with Crippen molar-refractivity contribution in [2.24, 2.45) is 0 Å². The second-order valence-electron chi connectivity index (χ2n) is 15.6. The van der Waals surface area contributed by atoms with Crippen molar-refractivity contribution < 1.29 is 35.5 Å². The number of hydrogen-bond acceptors (Lipinski definition) is 1. The van der Waals surface area contributed by atoms with Crippen LogP contribution in [0.15, 0.2) is 123 Å². The van der Waals surface area contributed by atoms with E-state index in [9.17, 15) is 30.7 Å². The number of unbranched alkanes of at least 4 members (excludes halogenated alkanes) is 3. The maximum atomic E-state index is 13.8. The number of halogens is 7. The van der Waals surface area contributed by atoms with Gasteiger partial charge in [0.1, 0.15) is 35.5 Å². The molecule has 348 valence electrons. The highest BCUT2D eigenvalue weighted by Gasteiger charge is 2.61. The fraction of sp³-hybridized carbons (Fsp3) is 0.520. The van der Waals surface area contributed by atoms with Gasteiger partial charge in [0.2, 0.25) is 0 Å². The minimum absolute atomic E-state index is 0.239. The molecule has 0 fully saturated rings. The summed E-state index contributed by atoms with van der Waals surface area (Å²) in [7, 11) is 1.44. The maximum absolute atomic E-state index is 13.8. The molecule has 0 spiro atoms. The van der Waals surface area contributed by atoms with Gasteiger partial charge < -0.3 is 4.74 Å². The molecule has 0 radical (unpaired) electrons. The van der Waals surface area contributed by atoms with Crippen molar-refractivity contribution in [3.05, 3.63) is 114 Å². The van der Waals surface area contributed by atoms with Gasteiger partial charge >= 0.3 is 12.1 Å². The first-order chi connectivity index (χ1) is 29.2. The zero-order valence-electron chi connectivity index (χ0n) is 38.7. The first-order valence-electron chi connectivity index (χ1n) is 21.4. The van der Waals surface area contributed by atoms with Crippen molar-refractivity contribution in [2.45, 2.75) is 130 Å². The number of rotatable bonds is 20. The molecule has 12 heteroatoms. The average molecular weight is 951 g/mol. The predicted molar refractivity (Wildman–Crippen MR) is 262 cm³/mol. The lowest BCUT2D eigenvalue weighted by Gasteiger charge is -2.25. The molecule has 0 heterocycles. The van der Waals surface area contributed by atoms with E-state index in [0.29, 0.717) is 27.5 Å². The van der Waals surface area contributed by atoms with Crippen LogP contribution < -0.4 is 4.74 Å². The van der Waals surface area contributed by atoms with Crippen LogP contribution in [0.5, 0.6) is 5.75 Å². The van der Waals surface area contributed by atoms with Gasteiger partial charge in [-0.3, -0.25) is 0 Å². The maximum Gasteiger partial charge on any atom is 0.453 e. The fourth-order valence-electron chi connectivity index (χ4n) is 5.84. The van der Waals surface area contributed by atoms with E-state index in [0.717, 1.165) is 36.7 Å². The van der Waals surface area contributed by atoms with Crippen molar-refractivity contribution >= 4 is 43.6 Å². The van der Waals surface area contributed by atoms with E-state index in [-0.39, 0.29) is 13.0 Å². The van der Waals surface area contributed by atoms with Crippen LogP contribution in [0.2, 0.25) is 0 Å². The standard InChI is InChI=1S/C27H26F7OS.C12H27S.C8H11S.C3H9S/c1-19-16-23(36(21-10-5-3-6-11-21)22-12-7-4-8-13-22)17-20(2)24(19)35-15-9-14-25(28,29)18-26(30,31)27(32,33)34;1-4-7-10-13(11-8-5-2)12-9-6-3;1-9(2)8-6-4-3-5-7-8;1-4(2)3/h3-8,10-13,16-17H,9,14-15,18H2,1-2H3;4-12H2,1-3H3;3-7H,1-2H3;1-3H3/q4*+1. The monoisotopic (exact) mass is 950 g/mol. The van der Waals surface area contributed by atoms with Crippen molar-refractivity contribution in [1.29, 1.82) is 0 Å². The molecule has 0 bridgehead atoms. The first kappa shape index (κ1) is 57.6. The van der Waals surface area contributed by atoms with E-state index in [1.165, 1.54) is 60.7 Å². The van der Waals surface area contributed by atoms with Crippen molar-refractivity contribution in [2.75, 3.05) is 55.1 Å². The molecule has 1 nitrogen and oxygen atoms in total. The van der Waals surface area contributed by atoms with E-state index in [1.54, 1.807) is 0 Å². The van der Waals surface area contributed by atoms with Crippen LogP contribution in [-0.4, -0.2) is 73.2 Å². The quantitative estimate of drug-likeness (QED) is 0.0487. The number of alkyl halides is 7. The number of aryl methyl sites for hydroxylation is 2. The van der Waals surface area contributed by atoms with Gasteiger partial charge in [0, 0.05) is 29.4 Å². The second-order valence-corrected chi connectivity index (χ2v) is 24.7. The SMILES string of the molecule is CCCC[S+](CCCC)CCCC.C[S+](C)C.C[S+](C)c1ccccc1.Cc1cc([S+](c2ccccc2)c2ccccc2)cc(C)c1OCCCC(F)(F)CC(F)(F)C(F)(F)F. The highest BCUT2D eigenvalue weighted by molar-refractivity contribution is 7.97. The van der Waals surface area contributed by atoms with Gasteiger partial charge in [0.15, 0.2) is 19.6 Å². The van der Waals surface area contributed by atoms with Crippen LogP contribution in [0, 0.1) is 13.8 Å². The van der Waals surface area contributed by atoms with Gasteiger partial charge in [-0.25, -0.2) is 8.78 Å². The molecule has 62 heavy (non-hydrogen) atoms. The molecule has 4 aromatic carbocycles. The Morgan fingerprint density at radius 3 is 1.21 bits per heavy atom. The van der Waals surface area contributed by atoms with E-state index in [2.05, 4.69) is 82.4 Å². The van der Waals surface area contributed by atoms with Gasteiger partial charge in [-0.05, 0) is 109 Å². The molecule has 0 aliphatic carbocycles. The highest BCUT2D eigenvalue weighted by Crippen LogP contribution is 2.44. The van der Waals surface area contributed by atoms with E-state index < -0.39 is 41.8 Å². The zero-order valence-corrected chi connectivity index (χ0v) is 42.0. The molecular formula is C50H73F7OS4+4. The lowest BCUT2D eigenvalue weighted by Crippen LogP contribution is -2.41. The van der Waals surface area contributed by atoms with Crippen LogP contribution >= 0.6 is 0 Å². The molecule has 4 aromatic rings. The largest absolute Gasteiger partial charge is 0.493 e. The topological polar surface area (TPSA) is 9.23 Å². The smallest absolute Gasteiger partial charge is 0.453 e. The Hall–Kier alpha value is -2.41. The highest BCUT2D eigenvalue weighted by atomic mass is 32.2. The lowest BCUT2D eigenvalue weighted by molar-refractivity contribution is -0.301. The van der Waals surface area contributed by atoms with Gasteiger partial charge in [0.05, 0.1) is 42.7 Å². The predicted octanol–water partition coefficient (Wildman–Crippen LogP) is 15.2. The van der Waals surface area contributed by atoms with Crippen LogP contribution in [0.1, 0.15) is 89.7 Å². The molecular weight excluding hydrogens is 878 g/mol. The van der Waals surface area contributed by atoms with Gasteiger partial charge in [-0.2, -0.15) is 22.0 Å². The third-order valence-corrected chi connectivity index (χ3v) is 15.0. The molecule has 0 amide bonds. The Balaban J connectivity index is 0.000000598. The summed E-state index contributed by atoms with van der Waals surface area (Å²) < 4.78 is 96.0. The van der Waals surface area contributed by atoms with Gasteiger partial charge in [-0.15, -0.1) is 0 Å². The van der Waals surface area contributed by atoms with Crippen LogP contribution in [-0.2, 0) is 43.6 Å². The van der Waals surface area contributed by atoms with Crippen molar-refractivity contribution in [1.82, 2.24) is 0 Å². The van der Waals surface area contributed by atoms with Crippen molar-refractivity contribution in [3.8, 4) is 5.75 Å². The number of hydrogen-bond donors (Lipinski definition) is 0. The molecule has 0 aromatic heterocycles. The number of ether oxygens (including phenoxy) is 1. The summed E-state index contributed by atoms with van der Waals surface area (Å²) in [6.45, 7) is 10.3. The van der Waals surface area contributed by atoms with Crippen LogP contribution in [0.25, 0.3) is 0 Å². The molecule has 0 aliphatic heterocycles. The summed E-state index contributed by atoms with van der Waals surface area (Å²) in [5.74, 6) is -4.61. The summed E-state index contributed by atoms with van der Waals surface area (Å²) in [6.07, 6.45) is 9.44. The van der Waals surface area contributed by atoms with E-state index in [4.69, 9.17) is 4.74 Å². The third-order valence-electron chi connectivity index (χ3n) is 9.03. The van der Waals surface area contributed by atoms with Crippen LogP contribution in [0.3, 0.4) is 0 Å². The summed E-state index contributed by atoms with van der Waals surface area (Å²) in [6, 6.07) is 34.4. The normalized spacial score (nSPS) is 11.8. The second kappa shape index (κ2) is 30.7. The minimum Gasteiger partial charge on any atom is -0.493 e. The van der Waals surface area contributed by atoms with Crippen LogP contribution in [0.4, 0.5) is 30.7 Å². The zero-order chi connectivity index (χ0) is 46.8. The molecule has 0 saturated carbocycles. The Bertz CT molecular complexity index is 1640. The summed E-state index contributed by atoms with van der Waals surface area (Å²) >= 11 is 0. The average Bonchev–Trinajstić information content (AvgIpc) is 3.21. The van der Waals surface area contributed by atoms with Crippen molar-refractivity contribution in [3.63, 3.8) is 0 Å². The first-order valence-corrected chi connectivity index (χ1v) is 28.8. The molecule has 0 N–H and O–H groups in total. The Morgan fingerprint density at radius 2 is 0.887 bits per heavy atom. The fourth-order valence-corrected chi connectivity index (χ4v) is 11.5. The minimum atomic E-state index is -6.01. The molecule has 0 atom stereocenters. The van der Waals surface area contributed by atoms with Gasteiger partial charge in [0.25, 0.3) is 5.92 Å². The summed E-state index contributed by atoms with van der Waals surface area (Å²) in [5.41, 5.74) is 1.54. The summed E-state index contributed by atoms with van der Waals surface area (Å²) in [5, 5.41) is 0. The number of benzene rings is 4. The molecule has 0 saturated heterocycles. The summed E-state index contributed by atoms with van der Waals surface area (Å²) in [4.78, 5) is 4.72. The third kappa shape index (κ3) is 23.5. The van der Waals surface area contributed by atoms with E-state index in [1.807, 2.05) is 86.6 Å². The van der Waals surface area contributed by atoms with E-state index >= 15 is 0 Å². The lowest BCUT2D eigenvalue weighted by atomic mass is 10.0. The van der Waals surface area contributed by atoms with Gasteiger partial charge in [-0.1, -0.05) is 94.6 Å². The Labute approximate surface area is 382 Å². The Kier molecular flexibility index (Phi) is 28.5. The molecule has 4 rings (SSSR count). The molecule has 0 aliphatic rings. The Morgan fingerprint density at radius 1 is 0.516 bits per heavy atom.